The minimum Gasteiger partial charge on any atom is -0.382 e. The summed E-state index contributed by atoms with van der Waals surface area (Å²) in [5, 5.41) is 17.1. The number of amides is 1. The van der Waals surface area contributed by atoms with Gasteiger partial charge in [0.15, 0.2) is 0 Å². The van der Waals surface area contributed by atoms with Gasteiger partial charge in [-0.15, -0.1) is 0 Å². The van der Waals surface area contributed by atoms with Crippen molar-refractivity contribution in [2.45, 2.75) is 85.7 Å². The summed E-state index contributed by atoms with van der Waals surface area (Å²) in [5.74, 6) is 0.606. The van der Waals surface area contributed by atoms with E-state index in [0.29, 0.717) is 49.4 Å². The fourth-order valence-corrected chi connectivity index (χ4v) is 6.62. The van der Waals surface area contributed by atoms with Crippen LogP contribution in [-0.4, -0.2) is 54.6 Å². The summed E-state index contributed by atoms with van der Waals surface area (Å²) < 4.78 is 14.8. The molecule has 0 radical (unpaired) electrons. The smallest absolute Gasteiger partial charge is 0.251 e. The Labute approximate surface area is 297 Å². The van der Waals surface area contributed by atoms with Crippen LogP contribution >= 0.6 is 0 Å². The molecule has 8 nitrogen and oxygen atoms in total. The standard InChI is InChI=1S/C41H54FN7O/c1-7-27(3)47-39-29(5)40(43-6)48-38(8-2)36(39)24-44-22-30-11-10-14-34(20-30)41(50)46-23-31-12-9-13-32(19-31)33-15-16-37(42)35(21-33)26-49-18-17-45-28(4)25-49/h9-16,19-21,27-28,44-45H,7-8,17-18,22-26H2,1-6H3,(H,46,50)(H2,43,47,48)/t27?,28-/m0/s1. The molecular weight excluding hydrogens is 625 g/mol. The highest BCUT2D eigenvalue weighted by Crippen LogP contribution is 2.30. The average molecular weight is 680 g/mol. The van der Waals surface area contributed by atoms with Crippen molar-refractivity contribution >= 4 is 17.4 Å². The van der Waals surface area contributed by atoms with E-state index in [2.05, 4.69) is 72.2 Å². The van der Waals surface area contributed by atoms with Crippen molar-refractivity contribution in [2.24, 2.45) is 0 Å². The van der Waals surface area contributed by atoms with Crippen LogP contribution in [0, 0.1) is 12.7 Å². The Kier molecular flexibility index (Phi) is 13.0. The van der Waals surface area contributed by atoms with Crippen molar-refractivity contribution in [3.8, 4) is 11.1 Å². The number of pyridine rings is 1. The number of aromatic nitrogens is 1. The monoisotopic (exact) mass is 679 g/mol. The van der Waals surface area contributed by atoms with Crippen LogP contribution in [0.3, 0.4) is 0 Å². The van der Waals surface area contributed by atoms with Crippen LogP contribution in [0.5, 0.6) is 0 Å². The zero-order valence-corrected chi connectivity index (χ0v) is 30.6. The molecule has 1 aromatic heterocycles. The number of carbonyl (C=O) groups is 1. The molecule has 3 aromatic carbocycles. The predicted octanol–water partition coefficient (Wildman–Crippen LogP) is 7.02. The normalized spacial score (nSPS) is 15.5. The highest BCUT2D eigenvalue weighted by atomic mass is 19.1. The molecule has 1 aliphatic rings. The molecule has 0 bridgehead atoms. The topological polar surface area (TPSA) is 93.4 Å². The van der Waals surface area contributed by atoms with Crippen LogP contribution < -0.4 is 26.6 Å². The lowest BCUT2D eigenvalue weighted by molar-refractivity contribution is 0.0950. The van der Waals surface area contributed by atoms with Gasteiger partial charge >= 0.3 is 0 Å². The molecular formula is C41H54FN7O. The molecule has 2 heterocycles. The first kappa shape index (κ1) is 37.0. The Morgan fingerprint density at radius 1 is 1.02 bits per heavy atom. The molecule has 1 fully saturated rings. The highest BCUT2D eigenvalue weighted by Gasteiger charge is 2.19. The third-order valence-corrected chi connectivity index (χ3v) is 9.63. The quantitative estimate of drug-likeness (QED) is 0.0922. The SMILES string of the molecule is CCc1nc(NC)c(C)c(NC(C)CC)c1CNCc1cccc(C(=O)NCc2cccc(-c3ccc(F)c(CN4CCN[C@@H](C)C4)c3)c2)c1. The Morgan fingerprint density at radius 2 is 1.78 bits per heavy atom. The van der Waals surface area contributed by atoms with Gasteiger partial charge in [0, 0.05) is 98.6 Å². The maximum absolute atomic E-state index is 14.8. The molecule has 266 valence electrons. The van der Waals surface area contributed by atoms with Gasteiger partial charge in [0.1, 0.15) is 11.6 Å². The number of piperazine rings is 1. The summed E-state index contributed by atoms with van der Waals surface area (Å²) in [6.45, 7) is 15.8. The Morgan fingerprint density at radius 3 is 2.52 bits per heavy atom. The van der Waals surface area contributed by atoms with Gasteiger partial charge < -0.3 is 26.6 Å². The van der Waals surface area contributed by atoms with Gasteiger partial charge in [0.25, 0.3) is 5.91 Å². The average Bonchev–Trinajstić information content (AvgIpc) is 3.13. The highest BCUT2D eigenvalue weighted by molar-refractivity contribution is 5.94. The molecule has 5 rings (SSSR count). The van der Waals surface area contributed by atoms with Crippen molar-refractivity contribution in [2.75, 3.05) is 37.3 Å². The number of benzene rings is 3. The summed E-state index contributed by atoms with van der Waals surface area (Å²) in [4.78, 5) is 20.5. The van der Waals surface area contributed by atoms with Crippen LogP contribution in [0.2, 0.25) is 0 Å². The van der Waals surface area contributed by atoms with Crippen LogP contribution in [0.4, 0.5) is 15.9 Å². The number of nitrogens with one attached hydrogen (secondary N) is 5. The van der Waals surface area contributed by atoms with E-state index in [4.69, 9.17) is 4.98 Å². The second-order valence-corrected chi connectivity index (χ2v) is 13.5. The molecule has 1 saturated heterocycles. The first-order valence-electron chi connectivity index (χ1n) is 18.1. The van der Waals surface area contributed by atoms with E-state index in [9.17, 15) is 9.18 Å². The third-order valence-electron chi connectivity index (χ3n) is 9.63. The van der Waals surface area contributed by atoms with Crippen molar-refractivity contribution < 1.29 is 9.18 Å². The molecule has 0 spiro atoms. The number of rotatable bonds is 15. The van der Waals surface area contributed by atoms with E-state index in [1.165, 1.54) is 5.56 Å². The number of anilines is 2. The van der Waals surface area contributed by atoms with Crippen molar-refractivity contribution in [3.05, 3.63) is 112 Å². The number of nitrogens with zero attached hydrogens (tertiary/aromatic N) is 2. The van der Waals surface area contributed by atoms with E-state index < -0.39 is 0 Å². The second-order valence-electron chi connectivity index (χ2n) is 13.5. The first-order valence-corrected chi connectivity index (χ1v) is 18.1. The largest absolute Gasteiger partial charge is 0.382 e. The Bertz CT molecular complexity index is 1760. The van der Waals surface area contributed by atoms with Crippen LogP contribution in [0.25, 0.3) is 11.1 Å². The molecule has 1 unspecified atom stereocenters. The maximum Gasteiger partial charge on any atom is 0.251 e. The first-order chi connectivity index (χ1) is 24.2. The lowest BCUT2D eigenvalue weighted by Gasteiger charge is -2.32. The molecule has 2 atom stereocenters. The predicted molar refractivity (Wildman–Crippen MR) is 204 cm³/mol. The lowest BCUT2D eigenvalue weighted by atomic mass is 10.00. The molecule has 1 aliphatic heterocycles. The minimum atomic E-state index is -0.176. The lowest BCUT2D eigenvalue weighted by Crippen LogP contribution is -2.48. The summed E-state index contributed by atoms with van der Waals surface area (Å²) in [7, 11) is 1.92. The van der Waals surface area contributed by atoms with E-state index in [1.807, 2.05) is 61.6 Å². The number of carbonyl (C=O) groups excluding carboxylic acids is 1. The van der Waals surface area contributed by atoms with Gasteiger partial charge in [0.05, 0.1) is 0 Å². The second kappa shape index (κ2) is 17.6. The number of aryl methyl sites for hydroxylation is 1. The maximum atomic E-state index is 14.8. The third kappa shape index (κ3) is 9.47. The van der Waals surface area contributed by atoms with Gasteiger partial charge in [-0.3, -0.25) is 9.69 Å². The summed E-state index contributed by atoms with van der Waals surface area (Å²) in [5.41, 5.74) is 9.83. The van der Waals surface area contributed by atoms with Crippen LogP contribution in [0.1, 0.15) is 78.0 Å². The molecule has 1 amide bonds. The van der Waals surface area contributed by atoms with Gasteiger partial charge in [-0.25, -0.2) is 9.37 Å². The van der Waals surface area contributed by atoms with Crippen molar-refractivity contribution in [1.29, 1.82) is 0 Å². The summed E-state index contributed by atoms with van der Waals surface area (Å²) >= 11 is 0. The fourth-order valence-electron chi connectivity index (χ4n) is 6.62. The number of halogens is 1. The van der Waals surface area contributed by atoms with Crippen molar-refractivity contribution in [1.82, 2.24) is 25.8 Å². The number of hydrogen-bond acceptors (Lipinski definition) is 7. The summed E-state index contributed by atoms with van der Waals surface area (Å²) in [6.07, 6.45) is 1.86. The van der Waals surface area contributed by atoms with E-state index in [0.717, 1.165) is 77.5 Å². The van der Waals surface area contributed by atoms with E-state index in [1.54, 1.807) is 6.07 Å². The Hall–Kier alpha value is -4.31. The van der Waals surface area contributed by atoms with E-state index in [-0.39, 0.29) is 11.7 Å². The number of hydrogen-bond donors (Lipinski definition) is 5. The molecule has 9 heteroatoms. The van der Waals surface area contributed by atoms with Gasteiger partial charge in [-0.1, -0.05) is 50.2 Å². The van der Waals surface area contributed by atoms with Crippen LogP contribution in [0.15, 0.2) is 66.7 Å². The fraction of sp³-hybridized carbons (Fsp3) is 0.415. The summed E-state index contributed by atoms with van der Waals surface area (Å²) in [6, 6.07) is 22.0. The van der Waals surface area contributed by atoms with Crippen molar-refractivity contribution in [3.63, 3.8) is 0 Å². The molecule has 50 heavy (non-hydrogen) atoms. The minimum absolute atomic E-state index is 0.123. The zero-order chi connectivity index (χ0) is 35.6. The molecule has 0 aliphatic carbocycles. The van der Waals surface area contributed by atoms with Gasteiger partial charge in [-0.2, -0.15) is 0 Å². The van der Waals surface area contributed by atoms with E-state index >= 15 is 0 Å². The van der Waals surface area contributed by atoms with Gasteiger partial charge in [-0.05, 0) is 86.2 Å². The molecule has 4 aromatic rings. The Balaban J connectivity index is 1.21. The molecule has 0 saturated carbocycles. The zero-order valence-electron chi connectivity index (χ0n) is 30.6. The van der Waals surface area contributed by atoms with Gasteiger partial charge in [0.2, 0.25) is 0 Å². The molecule has 5 N–H and O–H groups in total. The van der Waals surface area contributed by atoms with Crippen LogP contribution in [-0.2, 0) is 32.6 Å².